The zero-order chi connectivity index (χ0) is 23.5. The van der Waals surface area contributed by atoms with Gasteiger partial charge in [-0.25, -0.2) is 0 Å². The van der Waals surface area contributed by atoms with Crippen molar-refractivity contribution < 1.29 is 28.3 Å². The summed E-state index contributed by atoms with van der Waals surface area (Å²) in [5.41, 5.74) is 1.87. The maximum absolute atomic E-state index is 13.3. The van der Waals surface area contributed by atoms with Gasteiger partial charge in [0.05, 0.1) is 25.2 Å². The average molecular weight is 517 g/mol. The number of ether oxygens (including phenoxy) is 3. The number of nitro groups is 1. The molecule has 0 spiro atoms. The highest BCUT2D eigenvalue weighted by atomic mass is 79.9. The predicted octanol–water partition coefficient (Wildman–Crippen LogP) is 4.79. The number of fused-ring (bicyclic) bond motifs is 1. The molecule has 2 heterocycles. The van der Waals surface area contributed by atoms with Crippen LogP contribution in [0.15, 0.2) is 57.6 Å². The Morgan fingerprint density at radius 3 is 2.45 bits per heavy atom. The van der Waals surface area contributed by atoms with Crippen LogP contribution in [0.3, 0.4) is 0 Å². The van der Waals surface area contributed by atoms with Gasteiger partial charge in [0, 0.05) is 18.7 Å². The van der Waals surface area contributed by atoms with E-state index < -0.39 is 11.0 Å². The number of carbonyl (C=O) groups excluding carboxylic acids is 1. The van der Waals surface area contributed by atoms with Crippen LogP contribution in [0.1, 0.15) is 27.7 Å². The summed E-state index contributed by atoms with van der Waals surface area (Å²) in [5, 5.41) is 10.9. The minimum atomic E-state index is -0.470. The van der Waals surface area contributed by atoms with E-state index in [-0.39, 0.29) is 24.0 Å². The normalized spacial score (nSPS) is 15.0. The number of nitrogens with zero attached hydrogens (tertiary/aromatic N) is 2. The fourth-order valence-corrected chi connectivity index (χ4v) is 4.17. The standard InChI is InChI=1S/C23H21BrN2O7/c1-30-20-11-14-9-10-25(23(27)19-7-8-22(24)33-19)18(17(14)12-21(20)31-2)13-32-16-5-3-15(4-6-16)26(28)29/h3-8,11-12,18H,9-10,13H2,1-2H3/t18-/m0/s1. The lowest BCUT2D eigenvalue weighted by Gasteiger charge is -2.37. The Hall–Kier alpha value is -3.53. The lowest BCUT2D eigenvalue weighted by Crippen LogP contribution is -2.42. The van der Waals surface area contributed by atoms with Crippen molar-refractivity contribution in [1.29, 1.82) is 0 Å². The third-order valence-corrected chi connectivity index (χ3v) is 5.93. The van der Waals surface area contributed by atoms with E-state index >= 15 is 0 Å². The summed E-state index contributed by atoms with van der Waals surface area (Å²) in [6.45, 7) is 0.585. The van der Waals surface area contributed by atoms with E-state index in [0.717, 1.165) is 11.1 Å². The first-order valence-electron chi connectivity index (χ1n) is 10.1. The van der Waals surface area contributed by atoms with Crippen molar-refractivity contribution in [3.05, 3.63) is 80.2 Å². The maximum atomic E-state index is 13.3. The van der Waals surface area contributed by atoms with Gasteiger partial charge in [-0.1, -0.05) is 0 Å². The van der Waals surface area contributed by atoms with E-state index in [1.54, 1.807) is 31.3 Å². The van der Waals surface area contributed by atoms with E-state index in [0.29, 0.717) is 34.9 Å². The highest BCUT2D eigenvalue weighted by Gasteiger charge is 2.34. The van der Waals surface area contributed by atoms with Crippen LogP contribution in [0.25, 0.3) is 0 Å². The largest absolute Gasteiger partial charge is 0.493 e. The first-order valence-corrected chi connectivity index (χ1v) is 10.9. The number of amides is 1. The molecule has 0 N–H and O–H groups in total. The van der Waals surface area contributed by atoms with Gasteiger partial charge >= 0.3 is 0 Å². The molecule has 0 saturated carbocycles. The minimum absolute atomic E-state index is 0.0256. The molecule has 0 fully saturated rings. The molecular weight excluding hydrogens is 496 g/mol. The zero-order valence-electron chi connectivity index (χ0n) is 17.9. The second-order valence-corrected chi connectivity index (χ2v) is 8.12. The molecule has 0 saturated heterocycles. The van der Waals surface area contributed by atoms with E-state index in [1.165, 1.54) is 24.3 Å². The summed E-state index contributed by atoms with van der Waals surface area (Å²) >= 11 is 3.24. The zero-order valence-corrected chi connectivity index (χ0v) is 19.5. The fourth-order valence-electron chi connectivity index (χ4n) is 3.86. The van der Waals surface area contributed by atoms with Crippen molar-refractivity contribution in [2.45, 2.75) is 12.5 Å². The molecule has 10 heteroatoms. The Morgan fingerprint density at radius 1 is 1.15 bits per heavy atom. The van der Waals surface area contributed by atoms with E-state index in [4.69, 9.17) is 18.6 Å². The molecule has 1 atom stereocenters. The van der Waals surface area contributed by atoms with Crippen LogP contribution in [-0.4, -0.2) is 43.1 Å². The quantitative estimate of drug-likeness (QED) is 0.328. The molecule has 1 aliphatic heterocycles. The summed E-state index contributed by atoms with van der Waals surface area (Å²) < 4.78 is 22.8. The van der Waals surface area contributed by atoms with Crippen LogP contribution in [-0.2, 0) is 6.42 Å². The Balaban J connectivity index is 1.67. The molecule has 2 aromatic carbocycles. The first kappa shape index (κ1) is 22.7. The Bertz CT molecular complexity index is 1180. The highest BCUT2D eigenvalue weighted by molar-refractivity contribution is 9.10. The number of benzene rings is 2. The predicted molar refractivity (Wildman–Crippen MR) is 122 cm³/mol. The van der Waals surface area contributed by atoms with Gasteiger partial charge in [-0.2, -0.15) is 0 Å². The summed E-state index contributed by atoms with van der Waals surface area (Å²) in [4.78, 5) is 25.4. The molecule has 172 valence electrons. The molecule has 33 heavy (non-hydrogen) atoms. The lowest BCUT2D eigenvalue weighted by atomic mass is 9.92. The molecule has 1 aliphatic rings. The molecule has 3 aromatic rings. The van der Waals surface area contributed by atoms with E-state index in [9.17, 15) is 14.9 Å². The molecule has 0 unspecified atom stereocenters. The molecule has 0 radical (unpaired) electrons. The molecule has 4 rings (SSSR count). The number of methoxy groups -OCH3 is 2. The fraction of sp³-hybridized carbons (Fsp3) is 0.261. The Morgan fingerprint density at radius 2 is 1.85 bits per heavy atom. The smallest absolute Gasteiger partial charge is 0.290 e. The number of rotatable bonds is 7. The summed E-state index contributed by atoms with van der Waals surface area (Å²) in [5.74, 6) is 1.57. The van der Waals surface area contributed by atoms with Gasteiger partial charge in [0.15, 0.2) is 21.9 Å². The average Bonchev–Trinajstić information content (AvgIpc) is 3.27. The number of non-ortho nitro benzene ring substituents is 1. The first-order chi connectivity index (χ1) is 15.9. The van der Waals surface area contributed by atoms with Crippen molar-refractivity contribution in [1.82, 2.24) is 4.90 Å². The van der Waals surface area contributed by atoms with Crippen molar-refractivity contribution in [2.75, 3.05) is 27.4 Å². The Kier molecular flexibility index (Phi) is 6.55. The van der Waals surface area contributed by atoms with Crippen molar-refractivity contribution in [3.63, 3.8) is 0 Å². The van der Waals surface area contributed by atoms with Crippen LogP contribution < -0.4 is 14.2 Å². The molecular formula is C23H21BrN2O7. The molecule has 0 aliphatic carbocycles. The van der Waals surface area contributed by atoms with E-state index in [2.05, 4.69) is 15.9 Å². The third kappa shape index (κ3) is 4.65. The summed E-state index contributed by atoms with van der Waals surface area (Å²) in [7, 11) is 3.13. The second kappa shape index (κ2) is 9.53. The lowest BCUT2D eigenvalue weighted by molar-refractivity contribution is -0.384. The minimum Gasteiger partial charge on any atom is -0.493 e. The van der Waals surface area contributed by atoms with Gasteiger partial charge in [-0.3, -0.25) is 14.9 Å². The molecule has 9 nitrogen and oxygen atoms in total. The van der Waals surface area contributed by atoms with Crippen molar-refractivity contribution >= 4 is 27.5 Å². The summed E-state index contributed by atoms with van der Waals surface area (Å²) in [6.07, 6.45) is 0.622. The number of halogens is 1. The number of furan rings is 1. The van der Waals surface area contributed by atoms with Crippen LogP contribution in [0.5, 0.6) is 17.2 Å². The second-order valence-electron chi connectivity index (χ2n) is 7.34. The summed E-state index contributed by atoms with van der Waals surface area (Å²) in [6, 6.07) is 12.4. The topological polar surface area (TPSA) is 104 Å². The number of nitro benzene ring substituents is 1. The van der Waals surface area contributed by atoms with Gasteiger partial charge in [0.25, 0.3) is 11.6 Å². The van der Waals surface area contributed by atoms with Crippen LogP contribution in [0.2, 0.25) is 0 Å². The number of carbonyl (C=O) groups is 1. The molecule has 0 bridgehead atoms. The van der Waals surface area contributed by atoms with Crippen molar-refractivity contribution in [3.8, 4) is 17.2 Å². The third-order valence-electron chi connectivity index (χ3n) is 5.50. The maximum Gasteiger partial charge on any atom is 0.290 e. The molecule has 1 aromatic heterocycles. The molecule has 1 amide bonds. The van der Waals surface area contributed by atoms with Gasteiger partial charge < -0.3 is 23.5 Å². The van der Waals surface area contributed by atoms with Gasteiger partial charge in [-0.15, -0.1) is 0 Å². The highest BCUT2D eigenvalue weighted by Crippen LogP contribution is 2.39. The van der Waals surface area contributed by atoms with Gasteiger partial charge in [0.2, 0.25) is 0 Å². The van der Waals surface area contributed by atoms with Crippen LogP contribution in [0, 0.1) is 10.1 Å². The van der Waals surface area contributed by atoms with Gasteiger partial charge in [0.1, 0.15) is 12.4 Å². The Labute approximate surface area is 198 Å². The van der Waals surface area contributed by atoms with E-state index in [1.807, 2.05) is 12.1 Å². The van der Waals surface area contributed by atoms with Gasteiger partial charge in [-0.05, 0) is 69.9 Å². The number of hydrogen-bond donors (Lipinski definition) is 0. The SMILES string of the molecule is COc1cc2c(cc1OC)[C@H](COc1ccc([N+](=O)[O-])cc1)N(C(=O)c1ccc(Br)o1)CC2. The monoisotopic (exact) mass is 516 g/mol. The van der Waals surface area contributed by atoms with Crippen LogP contribution >= 0.6 is 15.9 Å². The van der Waals surface area contributed by atoms with Crippen LogP contribution in [0.4, 0.5) is 5.69 Å². The van der Waals surface area contributed by atoms with Crippen molar-refractivity contribution in [2.24, 2.45) is 0 Å². The number of hydrogen-bond acceptors (Lipinski definition) is 7.